The van der Waals surface area contributed by atoms with Crippen molar-refractivity contribution < 1.29 is 18.7 Å². The number of hydrogen-bond acceptors (Lipinski definition) is 4. The summed E-state index contributed by atoms with van der Waals surface area (Å²) in [6, 6.07) is 13.9. The molecule has 1 heterocycles. The summed E-state index contributed by atoms with van der Waals surface area (Å²) in [4.78, 5) is 31.1. The number of hydrogen-bond donors (Lipinski definition) is 0. The van der Waals surface area contributed by atoms with Gasteiger partial charge in [0.2, 0.25) is 5.91 Å². The first-order chi connectivity index (χ1) is 16.5. The lowest BCUT2D eigenvalue weighted by molar-refractivity contribution is -0.130. The molecule has 0 unspecified atom stereocenters. The van der Waals surface area contributed by atoms with Gasteiger partial charge in [-0.05, 0) is 24.6 Å². The lowest BCUT2D eigenvalue weighted by Crippen LogP contribution is -2.50. The van der Waals surface area contributed by atoms with E-state index in [9.17, 15) is 14.0 Å². The Morgan fingerprint density at radius 2 is 1.76 bits per heavy atom. The van der Waals surface area contributed by atoms with E-state index in [4.69, 9.17) is 4.74 Å². The topological polar surface area (TPSA) is 53.1 Å². The molecule has 0 spiro atoms. The second-order valence-corrected chi connectivity index (χ2v) is 8.35. The summed E-state index contributed by atoms with van der Waals surface area (Å²) in [6.45, 7) is 6.39. The van der Waals surface area contributed by atoms with Crippen molar-refractivity contribution in [3.8, 4) is 5.75 Å². The molecule has 0 bridgehead atoms. The highest BCUT2D eigenvalue weighted by molar-refractivity contribution is 5.94. The maximum atomic E-state index is 14.0. The van der Waals surface area contributed by atoms with Gasteiger partial charge in [0, 0.05) is 57.8 Å². The fourth-order valence-corrected chi connectivity index (χ4v) is 4.04. The summed E-state index contributed by atoms with van der Waals surface area (Å²) < 4.78 is 19.4. The van der Waals surface area contributed by atoms with Crippen LogP contribution in [0.4, 0.5) is 4.39 Å². The van der Waals surface area contributed by atoms with Gasteiger partial charge in [-0.1, -0.05) is 49.4 Å². The molecule has 34 heavy (non-hydrogen) atoms. The van der Waals surface area contributed by atoms with Crippen LogP contribution in [0.1, 0.15) is 35.7 Å². The number of rotatable bonds is 10. The van der Waals surface area contributed by atoms with Crippen LogP contribution in [0.15, 0.2) is 54.6 Å². The molecule has 182 valence electrons. The molecule has 2 amide bonds. The molecule has 0 atom stereocenters. The lowest BCUT2D eigenvalue weighted by Gasteiger charge is -2.36. The van der Waals surface area contributed by atoms with Crippen molar-refractivity contribution in [1.82, 2.24) is 14.7 Å². The fourth-order valence-electron chi connectivity index (χ4n) is 4.04. The number of halogens is 1. The van der Waals surface area contributed by atoms with Gasteiger partial charge in [-0.15, -0.1) is 0 Å². The first kappa shape index (κ1) is 25.4. The van der Waals surface area contributed by atoms with E-state index in [1.807, 2.05) is 48.2 Å². The molecule has 2 aromatic carbocycles. The molecule has 2 aromatic rings. The number of carbonyl (C=O) groups excluding carboxylic acids is 2. The molecule has 1 aliphatic rings. The first-order valence-corrected chi connectivity index (χ1v) is 11.9. The van der Waals surface area contributed by atoms with E-state index >= 15 is 0 Å². The van der Waals surface area contributed by atoms with Crippen molar-refractivity contribution in [2.75, 3.05) is 52.9 Å². The summed E-state index contributed by atoms with van der Waals surface area (Å²) in [5.41, 5.74) is 1.10. The van der Waals surface area contributed by atoms with Crippen molar-refractivity contribution in [2.45, 2.75) is 19.8 Å². The van der Waals surface area contributed by atoms with Crippen LogP contribution in [0.3, 0.4) is 0 Å². The Morgan fingerprint density at radius 3 is 2.47 bits per heavy atom. The lowest BCUT2D eigenvalue weighted by atomic mass is 10.1. The second kappa shape index (κ2) is 12.9. The Kier molecular flexibility index (Phi) is 9.64. The van der Waals surface area contributed by atoms with Gasteiger partial charge in [0.05, 0.1) is 12.7 Å². The van der Waals surface area contributed by atoms with Crippen LogP contribution in [0, 0.1) is 5.82 Å². The summed E-state index contributed by atoms with van der Waals surface area (Å²) in [7, 11) is 1.65. The Labute approximate surface area is 201 Å². The quantitative estimate of drug-likeness (QED) is 0.531. The number of benzene rings is 2. The van der Waals surface area contributed by atoms with Gasteiger partial charge in [-0.3, -0.25) is 14.5 Å². The highest BCUT2D eigenvalue weighted by atomic mass is 19.1. The summed E-state index contributed by atoms with van der Waals surface area (Å²) in [5.74, 6) is 0.189. The van der Waals surface area contributed by atoms with Crippen molar-refractivity contribution >= 4 is 17.9 Å². The van der Waals surface area contributed by atoms with Crippen LogP contribution in [0.2, 0.25) is 0 Å². The summed E-state index contributed by atoms with van der Waals surface area (Å²) in [6.07, 6.45) is 5.31. The van der Waals surface area contributed by atoms with Gasteiger partial charge < -0.3 is 14.5 Å². The van der Waals surface area contributed by atoms with Crippen LogP contribution in [-0.2, 0) is 4.79 Å². The number of para-hydroxylation sites is 1. The van der Waals surface area contributed by atoms with Crippen LogP contribution >= 0.6 is 0 Å². The minimum Gasteiger partial charge on any atom is -0.496 e. The largest absolute Gasteiger partial charge is 0.496 e. The molecular weight excluding hydrogens is 433 g/mol. The minimum absolute atomic E-state index is 0.120. The van der Waals surface area contributed by atoms with Gasteiger partial charge in [0.25, 0.3) is 5.91 Å². The zero-order chi connectivity index (χ0) is 24.3. The third-order valence-electron chi connectivity index (χ3n) is 6.03. The van der Waals surface area contributed by atoms with E-state index in [0.29, 0.717) is 45.7 Å². The van der Waals surface area contributed by atoms with Crippen LogP contribution in [-0.4, -0.2) is 79.4 Å². The van der Waals surface area contributed by atoms with Crippen molar-refractivity contribution in [3.05, 3.63) is 71.6 Å². The van der Waals surface area contributed by atoms with Gasteiger partial charge in [-0.25, -0.2) is 4.39 Å². The van der Waals surface area contributed by atoms with Gasteiger partial charge in [0.1, 0.15) is 11.6 Å². The molecule has 0 radical (unpaired) electrons. The van der Waals surface area contributed by atoms with E-state index in [1.165, 1.54) is 12.1 Å². The van der Waals surface area contributed by atoms with Crippen LogP contribution < -0.4 is 4.74 Å². The van der Waals surface area contributed by atoms with E-state index in [2.05, 4.69) is 4.90 Å². The number of amides is 2. The highest BCUT2D eigenvalue weighted by Crippen LogP contribution is 2.18. The Balaban J connectivity index is 1.52. The molecule has 0 aromatic heterocycles. The van der Waals surface area contributed by atoms with Crippen LogP contribution in [0.25, 0.3) is 6.08 Å². The molecule has 3 rings (SSSR count). The number of methoxy groups -OCH3 is 1. The smallest absolute Gasteiger partial charge is 0.256 e. The molecule has 6 nitrogen and oxygen atoms in total. The second-order valence-electron chi connectivity index (χ2n) is 8.35. The van der Waals surface area contributed by atoms with E-state index < -0.39 is 5.82 Å². The number of ether oxygens (including phenoxy) is 1. The zero-order valence-corrected chi connectivity index (χ0v) is 20.1. The van der Waals surface area contributed by atoms with Gasteiger partial charge in [0.15, 0.2) is 0 Å². The Morgan fingerprint density at radius 1 is 1.06 bits per heavy atom. The number of nitrogens with zero attached hydrogens (tertiary/aromatic N) is 3. The predicted molar refractivity (Wildman–Crippen MR) is 132 cm³/mol. The molecule has 7 heteroatoms. The first-order valence-electron chi connectivity index (χ1n) is 11.9. The molecule has 0 N–H and O–H groups in total. The van der Waals surface area contributed by atoms with E-state index in [1.54, 1.807) is 24.1 Å². The zero-order valence-electron chi connectivity index (χ0n) is 20.1. The monoisotopic (exact) mass is 467 g/mol. The SMILES string of the molecule is CCCC(=O)N(C/C=C/c1ccccc1OC)CCN1CCN(C(=O)c2ccccc2F)CC1. The maximum absolute atomic E-state index is 14.0. The molecule has 0 saturated carbocycles. The standard InChI is InChI=1S/C27H34FN3O3/c1-3-9-26(32)30(15-8-11-22-10-4-7-14-25(22)34-2)19-16-29-17-20-31(21-18-29)27(33)23-12-5-6-13-24(23)28/h4-8,10-14H,3,9,15-21H2,1-2H3/b11-8+. The van der Waals surface area contributed by atoms with E-state index in [0.717, 1.165) is 24.3 Å². The predicted octanol–water partition coefficient (Wildman–Crippen LogP) is 3.93. The van der Waals surface area contributed by atoms with Gasteiger partial charge >= 0.3 is 0 Å². The normalized spacial score (nSPS) is 14.4. The van der Waals surface area contributed by atoms with E-state index in [-0.39, 0.29) is 17.4 Å². The van der Waals surface area contributed by atoms with Crippen molar-refractivity contribution in [2.24, 2.45) is 0 Å². The highest BCUT2D eigenvalue weighted by Gasteiger charge is 2.24. The third-order valence-corrected chi connectivity index (χ3v) is 6.03. The van der Waals surface area contributed by atoms with Crippen molar-refractivity contribution in [3.63, 3.8) is 0 Å². The van der Waals surface area contributed by atoms with Crippen molar-refractivity contribution in [1.29, 1.82) is 0 Å². The Hall–Kier alpha value is -3.19. The summed E-state index contributed by atoms with van der Waals surface area (Å²) in [5, 5.41) is 0. The van der Waals surface area contributed by atoms with Gasteiger partial charge in [-0.2, -0.15) is 0 Å². The third kappa shape index (κ3) is 6.90. The van der Waals surface area contributed by atoms with Crippen LogP contribution in [0.5, 0.6) is 5.75 Å². The molecular formula is C27H34FN3O3. The molecule has 1 saturated heterocycles. The average molecular weight is 468 g/mol. The number of piperazine rings is 1. The number of carbonyl (C=O) groups is 2. The minimum atomic E-state index is -0.485. The molecule has 0 aliphatic carbocycles. The summed E-state index contributed by atoms with van der Waals surface area (Å²) >= 11 is 0. The Bertz CT molecular complexity index is 987. The maximum Gasteiger partial charge on any atom is 0.256 e. The fraction of sp³-hybridized carbons (Fsp3) is 0.407. The average Bonchev–Trinajstić information content (AvgIpc) is 2.86. The molecule has 1 aliphatic heterocycles. The molecule has 1 fully saturated rings.